The SMILES string of the molecule is COc1cc(N(O)C(=O)O)ccc1NCCO. The summed E-state index contributed by atoms with van der Waals surface area (Å²) in [5.74, 6) is 0.372. The number of rotatable bonds is 5. The molecule has 0 atom stereocenters. The van der Waals surface area contributed by atoms with E-state index in [0.717, 1.165) is 0 Å². The number of methoxy groups -OCH3 is 1. The summed E-state index contributed by atoms with van der Waals surface area (Å²) < 4.78 is 5.04. The highest BCUT2D eigenvalue weighted by atomic mass is 16.6. The molecule has 4 N–H and O–H groups in total. The maximum absolute atomic E-state index is 10.5. The first kappa shape index (κ1) is 13.1. The molecule has 0 saturated carbocycles. The second-order valence-corrected chi connectivity index (χ2v) is 3.13. The first-order chi connectivity index (χ1) is 8.10. The summed E-state index contributed by atoms with van der Waals surface area (Å²) in [7, 11) is 1.42. The summed E-state index contributed by atoms with van der Waals surface area (Å²) >= 11 is 0. The smallest absolute Gasteiger partial charge is 0.436 e. The number of nitrogens with one attached hydrogen (secondary N) is 1. The van der Waals surface area contributed by atoms with Gasteiger partial charge in [-0.1, -0.05) is 0 Å². The molecule has 0 heterocycles. The lowest BCUT2D eigenvalue weighted by atomic mass is 10.2. The summed E-state index contributed by atoms with van der Waals surface area (Å²) in [6.45, 7) is 0.309. The fourth-order valence-electron chi connectivity index (χ4n) is 1.26. The van der Waals surface area contributed by atoms with Crippen LogP contribution in [-0.2, 0) is 0 Å². The topological polar surface area (TPSA) is 102 Å². The van der Waals surface area contributed by atoms with E-state index in [1.807, 2.05) is 0 Å². The molecule has 0 bridgehead atoms. The minimum Gasteiger partial charge on any atom is -0.495 e. The van der Waals surface area contributed by atoms with Crippen LogP contribution in [0.25, 0.3) is 0 Å². The van der Waals surface area contributed by atoms with Gasteiger partial charge in [-0.25, -0.2) is 4.79 Å². The zero-order chi connectivity index (χ0) is 12.8. The predicted molar refractivity (Wildman–Crippen MR) is 60.9 cm³/mol. The predicted octanol–water partition coefficient (Wildman–Crippen LogP) is 0.973. The first-order valence-electron chi connectivity index (χ1n) is 4.85. The van der Waals surface area contributed by atoms with Gasteiger partial charge in [0.05, 0.1) is 25.1 Å². The molecule has 0 saturated heterocycles. The normalized spacial score (nSPS) is 9.82. The van der Waals surface area contributed by atoms with E-state index in [0.29, 0.717) is 18.0 Å². The number of carboxylic acid groups (broad SMARTS) is 1. The van der Waals surface area contributed by atoms with Gasteiger partial charge in [-0.05, 0) is 12.1 Å². The van der Waals surface area contributed by atoms with Crippen molar-refractivity contribution in [3.05, 3.63) is 18.2 Å². The van der Waals surface area contributed by atoms with E-state index >= 15 is 0 Å². The van der Waals surface area contributed by atoms with Crippen LogP contribution in [0.3, 0.4) is 0 Å². The molecule has 0 aliphatic rings. The summed E-state index contributed by atoms with van der Waals surface area (Å²) in [6.07, 6.45) is -1.48. The largest absolute Gasteiger partial charge is 0.495 e. The quantitative estimate of drug-likeness (QED) is 0.453. The van der Waals surface area contributed by atoms with Crippen LogP contribution >= 0.6 is 0 Å². The maximum Gasteiger partial charge on any atom is 0.436 e. The van der Waals surface area contributed by atoms with Crippen LogP contribution in [0.4, 0.5) is 16.2 Å². The summed E-state index contributed by atoms with van der Waals surface area (Å²) in [4.78, 5) is 10.5. The van der Waals surface area contributed by atoms with Crippen molar-refractivity contribution in [2.45, 2.75) is 0 Å². The molecule has 7 nitrogen and oxygen atoms in total. The van der Waals surface area contributed by atoms with E-state index in [1.54, 1.807) is 6.07 Å². The Morgan fingerprint density at radius 2 is 2.24 bits per heavy atom. The van der Waals surface area contributed by atoms with Gasteiger partial charge in [0.2, 0.25) is 0 Å². The maximum atomic E-state index is 10.5. The fourth-order valence-corrected chi connectivity index (χ4v) is 1.26. The second-order valence-electron chi connectivity index (χ2n) is 3.13. The summed E-state index contributed by atoms with van der Waals surface area (Å²) in [5, 5.41) is 29.5. The number of aliphatic hydroxyl groups is 1. The first-order valence-corrected chi connectivity index (χ1v) is 4.85. The molecule has 1 aromatic carbocycles. The van der Waals surface area contributed by atoms with Crippen LogP contribution in [0.15, 0.2) is 18.2 Å². The van der Waals surface area contributed by atoms with Crippen molar-refractivity contribution in [2.24, 2.45) is 0 Å². The van der Waals surface area contributed by atoms with Gasteiger partial charge in [0.1, 0.15) is 5.75 Å². The van der Waals surface area contributed by atoms with Gasteiger partial charge < -0.3 is 20.3 Å². The molecule has 0 aliphatic heterocycles. The van der Waals surface area contributed by atoms with Crippen LogP contribution in [0.2, 0.25) is 0 Å². The highest BCUT2D eigenvalue weighted by Crippen LogP contribution is 2.29. The average Bonchev–Trinajstić information content (AvgIpc) is 2.35. The zero-order valence-electron chi connectivity index (χ0n) is 9.25. The van der Waals surface area contributed by atoms with Crippen LogP contribution in [-0.4, -0.2) is 41.8 Å². The van der Waals surface area contributed by atoms with Crippen molar-refractivity contribution in [3.63, 3.8) is 0 Å². The molecule has 94 valence electrons. The zero-order valence-corrected chi connectivity index (χ0v) is 9.25. The van der Waals surface area contributed by atoms with Crippen molar-refractivity contribution >= 4 is 17.5 Å². The number of anilines is 2. The number of hydroxylamine groups is 1. The highest BCUT2D eigenvalue weighted by molar-refractivity contribution is 5.84. The molecule has 0 aliphatic carbocycles. The average molecular weight is 242 g/mol. The van der Waals surface area contributed by atoms with E-state index in [2.05, 4.69) is 5.32 Å². The van der Waals surface area contributed by atoms with Gasteiger partial charge in [0, 0.05) is 12.6 Å². The minimum absolute atomic E-state index is 0.0356. The van der Waals surface area contributed by atoms with Crippen LogP contribution in [0, 0.1) is 0 Å². The van der Waals surface area contributed by atoms with Crippen molar-refractivity contribution in [2.75, 3.05) is 30.6 Å². The number of ether oxygens (including phenoxy) is 1. The summed E-state index contributed by atoms with van der Waals surface area (Å²) in [5.41, 5.74) is 0.674. The molecule has 0 unspecified atom stereocenters. The molecule has 0 fully saturated rings. The molecule has 1 rings (SSSR count). The molecule has 0 spiro atoms. The number of aliphatic hydroxyl groups excluding tert-OH is 1. The molecular formula is C10H14N2O5. The third kappa shape index (κ3) is 3.23. The van der Waals surface area contributed by atoms with Crippen molar-refractivity contribution in [1.82, 2.24) is 0 Å². The Labute approximate surface area is 97.8 Å². The van der Waals surface area contributed by atoms with E-state index in [-0.39, 0.29) is 17.4 Å². The Morgan fingerprint density at radius 3 is 2.76 bits per heavy atom. The highest BCUT2D eigenvalue weighted by Gasteiger charge is 2.13. The Balaban J connectivity index is 2.95. The van der Waals surface area contributed by atoms with E-state index in [4.69, 9.17) is 14.9 Å². The molecule has 1 aromatic rings. The van der Waals surface area contributed by atoms with Crippen molar-refractivity contribution in [3.8, 4) is 5.75 Å². The third-order valence-electron chi connectivity index (χ3n) is 2.04. The number of hydrogen-bond acceptors (Lipinski definition) is 5. The van der Waals surface area contributed by atoms with E-state index in [9.17, 15) is 10.0 Å². The lowest BCUT2D eigenvalue weighted by Gasteiger charge is -2.15. The molecule has 17 heavy (non-hydrogen) atoms. The van der Waals surface area contributed by atoms with Gasteiger partial charge in [-0.15, -0.1) is 0 Å². The van der Waals surface area contributed by atoms with E-state index < -0.39 is 6.09 Å². The molecule has 0 radical (unpaired) electrons. The molecular weight excluding hydrogens is 228 g/mol. The van der Waals surface area contributed by atoms with Gasteiger partial charge >= 0.3 is 6.09 Å². The Morgan fingerprint density at radius 1 is 1.53 bits per heavy atom. The van der Waals surface area contributed by atoms with Crippen molar-refractivity contribution < 1.29 is 25.0 Å². The lowest BCUT2D eigenvalue weighted by Crippen LogP contribution is -2.24. The van der Waals surface area contributed by atoms with Gasteiger partial charge in [0.15, 0.2) is 0 Å². The number of benzene rings is 1. The second kappa shape index (κ2) is 5.92. The minimum atomic E-state index is -1.48. The van der Waals surface area contributed by atoms with Gasteiger partial charge in [-0.2, -0.15) is 5.06 Å². The van der Waals surface area contributed by atoms with Gasteiger partial charge in [0.25, 0.3) is 0 Å². The standard InChI is InChI=1S/C10H14N2O5/c1-17-9-6-7(12(16)10(14)15)2-3-8(9)11-4-5-13/h2-3,6,11,13,16H,4-5H2,1H3,(H,14,15). The number of nitrogens with zero attached hydrogens (tertiary/aromatic N) is 1. The van der Waals surface area contributed by atoms with Crippen LogP contribution in [0.5, 0.6) is 5.75 Å². The van der Waals surface area contributed by atoms with Gasteiger partial charge in [-0.3, -0.25) is 5.21 Å². The number of carbonyl (C=O) groups is 1. The van der Waals surface area contributed by atoms with Crippen molar-refractivity contribution in [1.29, 1.82) is 0 Å². The lowest BCUT2D eigenvalue weighted by molar-refractivity contribution is 0.160. The molecule has 0 aromatic heterocycles. The fraction of sp³-hybridized carbons (Fsp3) is 0.300. The molecule has 1 amide bonds. The van der Waals surface area contributed by atoms with E-state index in [1.165, 1.54) is 19.2 Å². The number of amides is 1. The molecule has 7 heteroatoms. The van der Waals surface area contributed by atoms with Crippen LogP contribution < -0.4 is 15.1 Å². The summed E-state index contributed by atoms with van der Waals surface area (Å²) in [6, 6.07) is 4.33. The monoisotopic (exact) mass is 242 g/mol. The third-order valence-corrected chi connectivity index (χ3v) is 2.04. The number of hydrogen-bond donors (Lipinski definition) is 4. The Bertz CT molecular complexity index is 396. The Hall–Kier alpha value is -1.99. The Kier molecular flexibility index (Phi) is 4.56. The van der Waals surface area contributed by atoms with Crippen LogP contribution in [0.1, 0.15) is 0 Å².